The molecule has 1 aromatic carbocycles. The fourth-order valence-corrected chi connectivity index (χ4v) is 1.21. The largest absolute Gasteiger partial charge is 0.380 e. The Balaban J connectivity index is 3.18. The number of carbonyl (C=O) groups excluding carboxylic acids is 1. The summed E-state index contributed by atoms with van der Waals surface area (Å²) >= 11 is 0. The number of ether oxygens (including phenoxy) is 1. The summed E-state index contributed by atoms with van der Waals surface area (Å²) in [5.74, 6) is -2.86. The van der Waals surface area contributed by atoms with Crippen LogP contribution in [-0.4, -0.2) is 19.4 Å². The third-order valence-corrected chi connectivity index (χ3v) is 1.88. The Bertz CT molecular complexity index is 380. The number of ketones is 1. The topological polar surface area (TPSA) is 52.3 Å². The van der Waals surface area contributed by atoms with E-state index in [1.54, 1.807) is 0 Å². The van der Waals surface area contributed by atoms with E-state index in [9.17, 15) is 13.6 Å². The predicted molar refractivity (Wildman–Crippen MR) is 50.5 cm³/mol. The van der Waals surface area contributed by atoms with Gasteiger partial charge in [-0.15, -0.1) is 0 Å². The van der Waals surface area contributed by atoms with Crippen LogP contribution in [-0.2, 0) is 11.3 Å². The van der Waals surface area contributed by atoms with Crippen molar-refractivity contribution >= 4 is 5.78 Å². The molecule has 0 radical (unpaired) electrons. The van der Waals surface area contributed by atoms with Gasteiger partial charge < -0.3 is 10.5 Å². The first-order valence-electron chi connectivity index (χ1n) is 4.30. The molecule has 0 aliphatic heterocycles. The molecular weight excluding hydrogens is 204 g/mol. The molecule has 1 rings (SSSR count). The van der Waals surface area contributed by atoms with Crippen molar-refractivity contribution in [3.8, 4) is 0 Å². The van der Waals surface area contributed by atoms with Gasteiger partial charge >= 0.3 is 0 Å². The Morgan fingerprint density at radius 3 is 2.67 bits per heavy atom. The maximum Gasteiger partial charge on any atom is 0.179 e. The Morgan fingerprint density at radius 2 is 2.13 bits per heavy atom. The first-order chi connectivity index (χ1) is 7.10. The van der Waals surface area contributed by atoms with Gasteiger partial charge in [0.2, 0.25) is 0 Å². The fraction of sp³-hybridized carbons (Fsp3) is 0.300. The molecule has 0 amide bonds. The highest BCUT2D eigenvalue weighted by molar-refractivity contribution is 5.97. The molecule has 0 saturated heterocycles. The van der Waals surface area contributed by atoms with Crippen LogP contribution >= 0.6 is 0 Å². The quantitative estimate of drug-likeness (QED) is 0.769. The van der Waals surface area contributed by atoms with E-state index in [1.165, 1.54) is 13.2 Å². The number of hydrogen-bond acceptors (Lipinski definition) is 3. The number of nitrogens with two attached hydrogens (primary N) is 1. The number of Topliss-reactive ketones (excluding diaryl/α,β-unsaturated/α-hetero) is 1. The molecule has 0 aliphatic rings. The van der Waals surface area contributed by atoms with Crippen molar-refractivity contribution in [2.75, 3.05) is 13.7 Å². The monoisotopic (exact) mass is 215 g/mol. The van der Waals surface area contributed by atoms with E-state index in [-0.39, 0.29) is 18.7 Å². The maximum absolute atomic E-state index is 13.2. The van der Waals surface area contributed by atoms with Crippen LogP contribution in [0.25, 0.3) is 0 Å². The summed E-state index contributed by atoms with van der Waals surface area (Å²) in [6.07, 6.45) is 0. The number of halogens is 2. The van der Waals surface area contributed by atoms with Gasteiger partial charge in [-0.3, -0.25) is 4.79 Å². The Kier molecular flexibility index (Phi) is 3.88. The molecular formula is C10H11F2NO2. The molecule has 0 unspecified atom stereocenters. The SMILES string of the molecule is COCc1cc(F)c(F)c(C(=O)CN)c1. The third-order valence-electron chi connectivity index (χ3n) is 1.88. The zero-order valence-corrected chi connectivity index (χ0v) is 8.22. The molecule has 0 heterocycles. The van der Waals surface area contributed by atoms with Gasteiger partial charge in [0.15, 0.2) is 17.4 Å². The molecule has 0 atom stereocenters. The van der Waals surface area contributed by atoms with Crippen LogP contribution in [0, 0.1) is 11.6 Å². The van der Waals surface area contributed by atoms with E-state index in [0.717, 1.165) is 6.07 Å². The van der Waals surface area contributed by atoms with Crippen LogP contribution in [0.15, 0.2) is 12.1 Å². The van der Waals surface area contributed by atoms with Gasteiger partial charge in [-0.1, -0.05) is 0 Å². The van der Waals surface area contributed by atoms with Crippen molar-refractivity contribution in [2.45, 2.75) is 6.61 Å². The highest BCUT2D eigenvalue weighted by atomic mass is 19.2. The lowest BCUT2D eigenvalue weighted by Crippen LogP contribution is -2.16. The van der Waals surface area contributed by atoms with E-state index >= 15 is 0 Å². The summed E-state index contributed by atoms with van der Waals surface area (Å²) in [6.45, 7) is -0.241. The summed E-state index contributed by atoms with van der Waals surface area (Å²) in [7, 11) is 1.42. The van der Waals surface area contributed by atoms with Crippen LogP contribution < -0.4 is 5.73 Å². The molecule has 0 aliphatic carbocycles. The maximum atomic E-state index is 13.2. The summed E-state index contributed by atoms with van der Waals surface area (Å²) in [6, 6.07) is 2.24. The van der Waals surface area contributed by atoms with Crippen LogP contribution in [0.2, 0.25) is 0 Å². The Labute approximate surface area is 85.8 Å². The van der Waals surface area contributed by atoms with Gasteiger partial charge in [-0.05, 0) is 17.7 Å². The third kappa shape index (κ3) is 2.57. The molecule has 3 nitrogen and oxygen atoms in total. The Morgan fingerprint density at radius 1 is 1.47 bits per heavy atom. The van der Waals surface area contributed by atoms with E-state index in [2.05, 4.69) is 0 Å². The lowest BCUT2D eigenvalue weighted by molar-refractivity contribution is 0.0996. The van der Waals surface area contributed by atoms with E-state index < -0.39 is 17.4 Å². The zero-order valence-electron chi connectivity index (χ0n) is 8.22. The average molecular weight is 215 g/mol. The number of hydrogen-bond donors (Lipinski definition) is 1. The predicted octanol–water partition coefficient (Wildman–Crippen LogP) is 1.25. The molecule has 0 spiro atoms. The molecule has 0 saturated carbocycles. The lowest BCUT2D eigenvalue weighted by Gasteiger charge is -2.05. The van der Waals surface area contributed by atoms with Gasteiger partial charge in [0, 0.05) is 7.11 Å². The number of methoxy groups -OCH3 is 1. The van der Waals surface area contributed by atoms with Crippen molar-refractivity contribution in [3.05, 3.63) is 34.9 Å². The van der Waals surface area contributed by atoms with Crippen molar-refractivity contribution in [1.82, 2.24) is 0 Å². The molecule has 0 fully saturated rings. The molecule has 2 N–H and O–H groups in total. The van der Waals surface area contributed by atoms with E-state index in [4.69, 9.17) is 10.5 Å². The molecule has 15 heavy (non-hydrogen) atoms. The number of carbonyl (C=O) groups is 1. The van der Waals surface area contributed by atoms with Crippen molar-refractivity contribution in [3.63, 3.8) is 0 Å². The number of benzene rings is 1. The van der Waals surface area contributed by atoms with Gasteiger partial charge in [-0.25, -0.2) is 8.78 Å². The summed E-state index contributed by atoms with van der Waals surface area (Å²) in [5.41, 5.74) is 5.14. The minimum absolute atomic E-state index is 0.113. The molecule has 1 aromatic rings. The minimum atomic E-state index is -1.16. The standard InChI is InChI=1S/C10H11F2NO2/c1-15-5-6-2-7(9(14)4-13)10(12)8(11)3-6/h2-3H,4-5,13H2,1H3. The summed E-state index contributed by atoms with van der Waals surface area (Å²) in [4.78, 5) is 11.2. The number of rotatable bonds is 4. The molecule has 0 aromatic heterocycles. The highest BCUT2D eigenvalue weighted by Gasteiger charge is 2.15. The molecule has 0 bridgehead atoms. The summed E-state index contributed by atoms with van der Waals surface area (Å²) < 4.78 is 31.0. The van der Waals surface area contributed by atoms with Crippen LogP contribution in [0.4, 0.5) is 8.78 Å². The average Bonchev–Trinajstić information content (AvgIpc) is 2.22. The smallest absolute Gasteiger partial charge is 0.179 e. The zero-order chi connectivity index (χ0) is 11.4. The van der Waals surface area contributed by atoms with Crippen molar-refractivity contribution in [2.24, 2.45) is 5.73 Å². The lowest BCUT2D eigenvalue weighted by atomic mass is 10.1. The van der Waals surface area contributed by atoms with E-state index in [1.807, 2.05) is 0 Å². The summed E-state index contributed by atoms with van der Waals surface area (Å²) in [5, 5.41) is 0. The van der Waals surface area contributed by atoms with Gasteiger partial charge in [-0.2, -0.15) is 0 Å². The van der Waals surface area contributed by atoms with Gasteiger partial charge in [0.25, 0.3) is 0 Å². The molecule has 5 heteroatoms. The Hall–Kier alpha value is -1.33. The van der Waals surface area contributed by atoms with Crippen molar-refractivity contribution in [1.29, 1.82) is 0 Å². The second kappa shape index (κ2) is 4.95. The van der Waals surface area contributed by atoms with Crippen LogP contribution in [0.5, 0.6) is 0 Å². The van der Waals surface area contributed by atoms with E-state index in [0.29, 0.717) is 5.56 Å². The minimum Gasteiger partial charge on any atom is -0.380 e. The first-order valence-corrected chi connectivity index (χ1v) is 4.30. The second-order valence-electron chi connectivity index (χ2n) is 3.00. The fourth-order valence-electron chi connectivity index (χ4n) is 1.21. The van der Waals surface area contributed by atoms with Crippen LogP contribution in [0.3, 0.4) is 0 Å². The second-order valence-corrected chi connectivity index (χ2v) is 3.00. The van der Waals surface area contributed by atoms with Crippen LogP contribution in [0.1, 0.15) is 15.9 Å². The van der Waals surface area contributed by atoms with Gasteiger partial charge in [0.1, 0.15) is 0 Å². The highest BCUT2D eigenvalue weighted by Crippen LogP contribution is 2.16. The first kappa shape index (κ1) is 11.7. The normalized spacial score (nSPS) is 10.4. The van der Waals surface area contributed by atoms with Crippen molar-refractivity contribution < 1.29 is 18.3 Å². The van der Waals surface area contributed by atoms with Gasteiger partial charge in [0.05, 0.1) is 18.7 Å². The molecule has 82 valence electrons.